The summed E-state index contributed by atoms with van der Waals surface area (Å²) in [6.45, 7) is 0. The molecule has 0 radical (unpaired) electrons. The fourth-order valence-corrected chi connectivity index (χ4v) is 1.26. The van der Waals surface area contributed by atoms with Gasteiger partial charge in [0.15, 0.2) is 11.6 Å². The molecule has 0 atom stereocenters. The smallest absolute Gasteiger partial charge is 0.314 e. The number of fused-ring (bicyclic) bond motifs is 2. The van der Waals surface area contributed by atoms with E-state index in [4.69, 9.17) is 0 Å². The van der Waals surface area contributed by atoms with Crippen LogP contribution < -0.4 is 10.6 Å². The van der Waals surface area contributed by atoms with E-state index in [1.54, 1.807) is 0 Å². The normalized spacial score (nSPS) is 13.3. The minimum atomic E-state index is -5.06. The first-order chi connectivity index (χ1) is 8.45. The molecule has 0 amide bonds. The zero-order valence-corrected chi connectivity index (χ0v) is 8.19. The number of halogens is 3. The minimum absolute atomic E-state index is 0.0618. The number of carbonyl (C=O) groups is 1. The fraction of sp³-hybridized carbons (Fsp3) is 0.167. The maximum Gasteiger partial charge on any atom is 0.475 e. The van der Waals surface area contributed by atoms with Gasteiger partial charge in [0.25, 0.3) is 0 Å². The fourth-order valence-electron chi connectivity index (χ4n) is 1.26. The van der Waals surface area contributed by atoms with Crippen molar-refractivity contribution in [2.45, 2.75) is 6.18 Å². The monoisotopic (exact) mass is 261 g/mol. The lowest BCUT2D eigenvalue weighted by atomic mass is 10.4. The number of hydrogen-bond acceptors (Lipinski definition) is 8. The number of rotatable bonds is 0. The summed E-state index contributed by atoms with van der Waals surface area (Å²) in [5.74, 6) is -2.11. The van der Waals surface area contributed by atoms with Crippen LogP contribution in [0.1, 0.15) is 4.79 Å². The maximum absolute atomic E-state index is 12.2. The lowest BCUT2D eigenvalue weighted by Gasteiger charge is -2.07. The predicted molar refractivity (Wildman–Crippen MR) is 47.6 cm³/mol. The summed E-state index contributed by atoms with van der Waals surface area (Å²) >= 11 is 0. The molecule has 1 aliphatic heterocycles. The van der Waals surface area contributed by atoms with Crippen molar-refractivity contribution < 1.29 is 22.6 Å². The van der Waals surface area contributed by atoms with Crippen LogP contribution in [-0.4, -0.2) is 37.4 Å². The summed E-state index contributed by atoms with van der Waals surface area (Å²) in [4.78, 5) is 10.8. The van der Waals surface area contributed by atoms with Gasteiger partial charge in [-0.15, -0.1) is 15.0 Å². The van der Waals surface area contributed by atoms with Crippen LogP contribution in [0.5, 0.6) is 0 Å². The number of carbonyl (C=O) groups excluding carboxylic acids is 1. The number of aromatic nitrogens is 5. The Morgan fingerprint density at radius 2 is 1.56 bits per heavy atom. The molecule has 94 valence electrons. The largest absolute Gasteiger partial charge is 0.475 e. The Bertz CT molecular complexity index is 591. The lowest BCUT2D eigenvalue weighted by Crippen LogP contribution is -2.30. The van der Waals surface area contributed by atoms with E-state index in [2.05, 4.69) is 35.8 Å². The topological polar surface area (TPSA) is 111 Å². The van der Waals surface area contributed by atoms with Gasteiger partial charge >= 0.3 is 12.1 Å². The van der Waals surface area contributed by atoms with E-state index in [-0.39, 0.29) is 28.1 Å². The van der Waals surface area contributed by atoms with E-state index in [0.717, 1.165) is 0 Å². The zero-order valence-electron chi connectivity index (χ0n) is 8.19. The summed E-state index contributed by atoms with van der Waals surface area (Å²) in [5.41, 5.74) is 0. The third-order valence-electron chi connectivity index (χ3n) is 2.00. The van der Waals surface area contributed by atoms with Crippen molar-refractivity contribution in [3.05, 3.63) is 0 Å². The molecular formula is C6H2F3N7O2. The van der Waals surface area contributed by atoms with Crippen LogP contribution in [0.3, 0.4) is 0 Å². The molecule has 9 nitrogen and oxygen atoms in total. The second kappa shape index (κ2) is 3.18. The van der Waals surface area contributed by atoms with Gasteiger partial charge < -0.3 is 10.6 Å². The van der Waals surface area contributed by atoms with E-state index in [0.29, 0.717) is 0 Å². The van der Waals surface area contributed by atoms with Crippen molar-refractivity contribution in [2.24, 2.45) is 0 Å². The van der Waals surface area contributed by atoms with Crippen LogP contribution in [0.25, 0.3) is 0 Å². The van der Waals surface area contributed by atoms with Crippen molar-refractivity contribution >= 4 is 29.2 Å². The van der Waals surface area contributed by atoms with Crippen molar-refractivity contribution in [3.8, 4) is 0 Å². The summed E-state index contributed by atoms with van der Waals surface area (Å²) in [5, 5.41) is 18.5. The van der Waals surface area contributed by atoms with Crippen LogP contribution in [0.4, 0.5) is 36.4 Å². The number of anilines is 4. The second-order valence-corrected chi connectivity index (χ2v) is 3.20. The van der Waals surface area contributed by atoms with Crippen LogP contribution in [0.2, 0.25) is 0 Å². The molecule has 0 unspecified atom stereocenters. The van der Waals surface area contributed by atoms with Gasteiger partial charge in [-0.05, 0) is 10.3 Å². The van der Waals surface area contributed by atoms with Crippen LogP contribution >= 0.6 is 0 Å². The van der Waals surface area contributed by atoms with Gasteiger partial charge in [0.2, 0.25) is 11.6 Å². The Morgan fingerprint density at radius 1 is 1.06 bits per heavy atom. The van der Waals surface area contributed by atoms with Crippen LogP contribution in [0, 0.1) is 0 Å². The number of alkyl halides is 3. The molecular weight excluding hydrogens is 259 g/mol. The maximum atomic E-state index is 12.2. The third kappa shape index (κ3) is 1.46. The Labute approximate surface area is 94.9 Å². The highest BCUT2D eigenvalue weighted by Gasteiger charge is 2.42. The van der Waals surface area contributed by atoms with Crippen molar-refractivity contribution in [3.63, 3.8) is 0 Å². The van der Waals surface area contributed by atoms with Crippen LogP contribution in [-0.2, 0) is 0 Å². The van der Waals surface area contributed by atoms with E-state index in [9.17, 15) is 18.0 Å². The third-order valence-corrected chi connectivity index (χ3v) is 2.00. The standard InChI is InChI=1S/C6H2F3N7O2/c7-6(8,9)5(17)16-12-1-2(13-16)11-4-3(10-1)14-18-15-4/h(H,10,12,14)(H,11,13,15). The lowest BCUT2D eigenvalue weighted by molar-refractivity contribution is -0.0966. The number of hydrogen-bond donors (Lipinski definition) is 2. The van der Waals surface area contributed by atoms with Gasteiger partial charge in [-0.3, -0.25) is 4.79 Å². The van der Waals surface area contributed by atoms with E-state index >= 15 is 0 Å². The highest BCUT2D eigenvalue weighted by molar-refractivity contribution is 5.86. The molecule has 3 heterocycles. The minimum Gasteiger partial charge on any atom is -0.314 e. The molecule has 0 saturated carbocycles. The predicted octanol–water partition coefficient (Wildman–Crippen LogP) is 0.664. The molecule has 12 heteroatoms. The summed E-state index contributed by atoms with van der Waals surface area (Å²) in [6.07, 6.45) is -5.06. The summed E-state index contributed by atoms with van der Waals surface area (Å²) in [6, 6.07) is 0. The molecule has 0 bridgehead atoms. The first-order valence-electron chi connectivity index (χ1n) is 4.40. The summed E-state index contributed by atoms with van der Waals surface area (Å²) < 4.78 is 40.9. The van der Waals surface area contributed by atoms with Crippen molar-refractivity contribution in [2.75, 3.05) is 10.6 Å². The van der Waals surface area contributed by atoms with Crippen LogP contribution in [0.15, 0.2) is 4.63 Å². The molecule has 2 aromatic rings. The van der Waals surface area contributed by atoms with E-state index in [1.807, 2.05) is 0 Å². The van der Waals surface area contributed by atoms with Gasteiger partial charge in [0.1, 0.15) is 0 Å². The first-order valence-corrected chi connectivity index (χ1v) is 4.40. The Hall–Kier alpha value is -2.66. The molecule has 0 fully saturated rings. The Kier molecular flexibility index (Phi) is 1.85. The highest BCUT2D eigenvalue weighted by atomic mass is 19.4. The SMILES string of the molecule is O=C(n1nc2c(n1)Nc1nonc1N2)C(F)(F)F. The first kappa shape index (κ1) is 10.5. The average Bonchev–Trinajstić information content (AvgIpc) is 2.87. The van der Waals surface area contributed by atoms with E-state index in [1.165, 1.54) is 0 Å². The molecule has 3 rings (SSSR count). The van der Waals surface area contributed by atoms with Crippen molar-refractivity contribution in [1.82, 2.24) is 25.3 Å². The van der Waals surface area contributed by atoms with Gasteiger partial charge in [-0.1, -0.05) is 0 Å². The Balaban J connectivity index is 1.96. The van der Waals surface area contributed by atoms with Crippen molar-refractivity contribution in [1.29, 1.82) is 0 Å². The quantitative estimate of drug-likeness (QED) is 0.607. The molecule has 1 aliphatic rings. The molecule has 0 aromatic carbocycles. The van der Waals surface area contributed by atoms with Gasteiger partial charge in [-0.25, -0.2) is 4.63 Å². The van der Waals surface area contributed by atoms with Gasteiger partial charge in [0.05, 0.1) is 0 Å². The molecule has 0 aliphatic carbocycles. The zero-order chi connectivity index (χ0) is 12.9. The average molecular weight is 261 g/mol. The number of nitrogens with zero attached hydrogens (tertiary/aromatic N) is 5. The van der Waals surface area contributed by atoms with Gasteiger partial charge in [0, 0.05) is 0 Å². The highest BCUT2D eigenvalue weighted by Crippen LogP contribution is 2.33. The molecule has 18 heavy (non-hydrogen) atoms. The van der Waals surface area contributed by atoms with Gasteiger partial charge in [-0.2, -0.15) is 13.2 Å². The number of nitrogens with one attached hydrogen (secondary N) is 2. The summed E-state index contributed by atoms with van der Waals surface area (Å²) in [7, 11) is 0. The second-order valence-electron chi connectivity index (χ2n) is 3.20. The Morgan fingerprint density at radius 3 is 2.00 bits per heavy atom. The van der Waals surface area contributed by atoms with E-state index < -0.39 is 12.1 Å². The molecule has 0 spiro atoms. The molecule has 2 N–H and O–H groups in total. The molecule has 0 saturated heterocycles. The molecule has 2 aromatic heterocycles.